The number of fused-ring (bicyclic) bond motifs is 1. The number of hydrogen-bond donors (Lipinski definition) is 0. The van der Waals surface area contributed by atoms with E-state index in [1.54, 1.807) is 30.3 Å². The SMILES string of the molecule is CC=O.Cc1ccc2c(c1)N(C)N(C)C2C(F)(F)F. The molecule has 2 rings (SSSR count). The fourth-order valence-corrected chi connectivity index (χ4v) is 2.10. The number of hydrogen-bond acceptors (Lipinski definition) is 3. The van der Waals surface area contributed by atoms with Gasteiger partial charge in [0.15, 0.2) is 6.04 Å². The first-order valence-electron chi connectivity index (χ1n) is 5.77. The molecule has 0 amide bonds. The maximum Gasteiger partial charge on any atom is 0.409 e. The molecule has 0 saturated heterocycles. The Morgan fingerprint density at radius 1 is 1.26 bits per heavy atom. The quantitative estimate of drug-likeness (QED) is 0.679. The number of nitrogens with zero attached hydrogens (tertiary/aromatic N) is 2. The summed E-state index contributed by atoms with van der Waals surface area (Å²) in [5.41, 5.74) is 1.91. The van der Waals surface area contributed by atoms with Gasteiger partial charge in [-0.2, -0.15) is 13.2 Å². The minimum Gasteiger partial charge on any atom is -0.308 e. The van der Waals surface area contributed by atoms with Crippen molar-refractivity contribution < 1.29 is 18.0 Å². The highest BCUT2D eigenvalue weighted by atomic mass is 19.4. The van der Waals surface area contributed by atoms with Gasteiger partial charge in [-0.15, -0.1) is 0 Å². The first kappa shape index (κ1) is 15.5. The van der Waals surface area contributed by atoms with Crippen molar-refractivity contribution in [1.29, 1.82) is 0 Å². The molecule has 3 nitrogen and oxygen atoms in total. The van der Waals surface area contributed by atoms with Crippen molar-refractivity contribution in [1.82, 2.24) is 5.01 Å². The van der Waals surface area contributed by atoms with Crippen molar-refractivity contribution >= 4 is 12.0 Å². The molecule has 1 atom stereocenters. The fourth-order valence-electron chi connectivity index (χ4n) is 2.10. The van der Waals surface area contributed by atoms with Crippen molar-refractivity contribution in [2.75, 3.05) is 19.1 Å². The van der Waals surface area contributed by atoms with Crippen molar-refractivity contribution in [3.8, 4) is 0 Å². The summed E-state index contributed by atoms with van der Waals surface area (Å²) in [6.07, 6.45) is -3.50. The lowest BCUT2D eigenvalue weighted by Gasteiger charge is -2.28. The minimum absolute atomic E-state index is 0.322. The molecule has 1 aromatic rings. The molecule has 0 fully saturated rings. The van der Waals surface area contributed by atoms with Crippen LogP contribution in [0.2, 0.25) is 0 Å². The highest BCUT2D eigenvalue weighted by Gasteiger charge is 2.49. The predicted octanol–water partition coefficient (Wildman–Crippen LogP) is 3.10. The second-order valence-electron chi connectivity index (χ2n) is 4.34. The van der Waals surface area contributed by atoms with Crippen molar-refractivity contribution in [2.45, 2.75) is 26.1 Å². The van der Waals surface area contributed by atoms with Crippen LogP contribution >= 0.6 is 0 Å². The number of carbonyl (C=O) groups is 1. The maximum atomic E-state index is 12.9. The topological polar surface area (TPSA) is 23.6 Å². The summed E-state index contributed by atoms with van der Waals surface area (Å²) >= 11 is 0. The van der Waals surface area contributed by atoms with Gasteiger partial charge in [0.1, 0.15) is 6.29 Å². The van der Waals surface area contributed by atoms with Crippen molar-refractivity contribution in [3.05, 3.63) is 29.3 Å². The van der Waals surface area contributed by atoms with Gasteiger partial charge in [-0.25, -0.2) is 5.01 Å². The lowest BCUT2D eigenvalue weighted by molar-refractivity contribution is -0.180. The molecule has 0 spiro atoms. The summed E-state index contributed by atoms with van der Waals surface area (Å²) < 4.78 is 38.7. The Hall–Kier alpha value is -1.56. The van der Waals surface area contributed by atoms with Gasteiger partial charge < -0.3 is 9.80 Å². The molecule has 106 valence electrons. The summed E-state index contributed by atoms with van der Waals surface area (Å²) in [7, 11) is 3.09. The van der Waals surface area contributed by atoms with E-state index in [2.05, 4.69) is 0 Å². The molecular weight excluding hydrogens is 257 g/mol. The van der Waals surface area contributed by atoms with E-state index in [0.29, 0.717) is 11.3 Å². The standard InChI is InChI=1S/C11H13F3N2.C2H4O/c1-7-4-5-8-9(6-7)15(2)16(3)10(8)11(12,13)14;1-2-3/h4-6,10H,1-3H3;2H,1H3. The Morgan fingerprint density at radius 2 is 1.79 bits per heavy atom. The van der Waals surface area contributed by atoms with Crippen molar-refractivity contribution in [3.63, 3.8) is 0 Å². The van der Waals surface area contributed by atoms with Gasteiger partial charge in [-0.05, 0) is 25.5 Å². The van der Waals surface area contributed by atoms with Crippen LogP contribution in [0.5, 0.6) is 0 Å². The zero-order valence-electron chi connectivity index (χ0n) is 11.3. The van der Waals surface area contributed by atoms with Gasteiger partial charge in [-0.3, -0.25) is 0 Å². The molecule has 0 saturated carbocycles. The van der Waals surface area contributed by atoms with Gasteiger partial charge in [0.25, 0.3) is 0 Å². The highest BCUT2D eigenvalue weighted by molar-refractivity contribution is 5.59. The second kappa shape index (κ2) is 5.61. The Kier molecular flexibility index (Phi) is 4.57. The molecule has 1 aliphatic rings. The number of alkyl halides is 3. The first-order chi connectivity index (χ1) is 8.73. The van der Waals surface area contributed by atoms with Crippen LogP contribution in [-0.2, 0) is 4.79 Å². The van der Waals surface area contributed by atoms with E-state index in [4.69, 9.17) is 4.79 Å². The molecule has 0 aromatic heterocycles. The first-order valence-corrected chi connectivity index (χ1v) is 5.77. The maximum absolute atomic E-state index is 12.9. The van der Waals surface area contributed by atoms with Gasteiger partial charge in [0.2, 0.25) is 0 Å². The largest absolute Gasteiger partial charge is 0.409 e. The molecule has 0 radical (unpaired) electrons. The molecule has 19 heavy (non-hydrogen) atoms. The lowest BCUT2D eigenvalue weighted by Crippen LogP contribution is -2.39. The van der Waals surface area contributed by atoms with Crippen LogP contribution in [0.3, 0.4) is 0 Å². The molecule has 1 unspecified atom stereocenters. The Labute approximate surface area is 110 Å². The van der Waals surface area contributed by atoms with Crippen molar-refractivity contribution in [2.24, 2.45) is 0 Å². The molecule has 0 N–H and O–H groups in total. The van der Waals surface area contributed by atoms with E-state index in [1.807, 2.05) is 6.92 Å². The number of aryl methyl sites for hydroxylation is 1. The molecular formula is C13H17F3N2O. The number of carbonyl (C=O) groups excluding carboxylic acids is 1. The van der Waals surface area contributed by atoms with E-state index < -0.39 is 12.2 Å². The molecule has 0 aliphatic carbocycles. The summed E-state index contributed by atoms with van der Waals surface area (Å²) in [5, 5.41) is 2.75. The third kappa shape index (κ3) is 3.07. The summed E-state index contributed by atoms with van der Waals surface area (Å²) in [6, 6.07) is 3.51. The lowest BCUT2D eigenvalue weighted by atomic mass is 10.0. The van der Waals surface area contributed by atoms with Crippen LogP contribution < -0.4 is 5.01 Å². The molecule has 0 bridgehead atoms. The normalized spacial score (nSPS) is 18.7. The van der Waals surface area contributed by atoms with E-state index in [0.717, 1.165) is 11.8 Å². The van der Waals surface area contributed by atoms with E-state index in [9.17, 15) is 13.2 Å². The van der Waals surface area contributed by atoms with Gasteiger partial charge >= 0.3 is 6.18 Å². The third-order valence-corrected chi connectivity index (χ3v) is 2.99. The van der Waals surface area contributed by atoms with Crippen LogP contribution in [0.15, 0.2) is 18.2 Å². The molecule has 1 heterocycles. The average Bonchev–Trinajstić information content (AvgIpc) is 2.53. The van der Waals surface area contributed by atoms with Crippen LogP contribution in [0.25, 0.3) is 0 Å². The van der Waals surface area contributed by atoms with E-state index in [-0.39, 0.29) is 0 Å². The Bertz CT molecular complexity index is 460. The van der Waals surface area contributed by atoms with Gasteiger partial charge in [0, 0.05) is 19.7 Å². The minimum atomic E-state index is -4.25. The number of anilines is 1. The number of aldehydes is 1. The third-order valence-electron chi connectivity index (χ3n) is 2.99. The fraction of sp³-hybridized carbons (Fsp3) is 0.462. The number of halogens is 3. The van der Waals surface area contributed by atoms with Gasteiger partial charge in [-0.1, -0.05) is 12.1 Å². The van der Waals surface area contributed by atoms with Crippen LogP contribution in [0.1, 0.15) is 24.1 Å². The van der Waals surface area contributed by atoms with Crippen LogP contribution in [0.4, 0.5) is 18.9 Å². The molecule has 1 aliphatic heterocycles. The average molecular weight is 274 g/mol. The summed E-state index contributed by atoms with van der Waals surface area (Å²) in [5.74, 6) is 0. The summed E-state index contributed by atoms with van der Waals surface area (Å²) in [6.45, 7) is 3.31. The zero-order chi connectivity index (χ0) is 14.8. The number of benzene rings is 1. The molecule has 6 heteroatoms. The second-order valence-corrected chi connectivity index (χ2v) is 4.34. The Morgan fingerprint density at radius 3 is 2.26 bits per heavy atom. The number of hydrazine groups is 1. The molecule has 1 aromatic carbocycles. The summed E-state index contributed by atoms with van der Waals surface area (Å²) in [4.78, 5) is 8.81. The van der Waals surface area contributed by atoms with E-state index >= 15 is 0 Å². The predicted molar refractivity (Wildman–Crippen MR) is 67.9 cm³/mol. The Balaban J connectivity index is 0.000000550. The monoisotopic (exact) mass is 274 g/mol. The van der Waals surface area contributed by atoms with E-state index in [1.165, 1.54) is 19.0 Å². The smallest absolute Gasteiger partial charge is 0.308 e. The van der Waals surface area contributed by atoms with Crippen LogP contribution in [-0.4, -0.2) is 31.6 Å². The van der Waals surface area contributed by atoms with Gasteiger partial charge in [0.05, 0.1) is 5.69 Å². The highest BCUT2D eigenvalue weighted by Crippen LogP contribution is 2.46. The van der Waals surface area contributed by atoms with Crippen LogP contribution in [0, 0.1) is 6.92 Å². The zero-order valence-corrected chi connectivity index (χ0v) is 11.3. The number of rotatable bonds is 0.